The average Bonchev–Trinajstić information content (AvgIpc) is 3.17. The Labute approximate surface area is 214 Å². The molecule has 0 aliphatic heterocycles. The van der Waals surface area contributed by atoms with Gasteiger partial charge in [-0.05, 0) is 63.1 Å². The van der Waals surface area contributed by atoms with Gasteiger partial charge in [0, 0.05) is 41.5 Å². The maximum atomic E-state index is 9.99. The summed E-state index contributed by atoms with van der Waals surface area (Å²) in [5, 5.41) is 29.9. The number of hydrogen-bond acceptors (Lipinski definition) is 8. The van der Waals surface area contributed by atoms with E-state index < -0.39 is 5.60 Å². The van der Waals surface area contributed by atoms with Gasteiger partial charge in [0.05, 0.1) is 22.4 Å². The van der Waals surface area contributed by atoms with Gasteiger partial charge in [-0.3, -0.25) is 0 Å². The van der Waals surface area contributed by atoms with E-state index in [1.165, 1.54) is 6.21 Å². The van der Waals surface area contributed by atoms with Gasteiger partial charge in [-0.15, -0.1) is 0 Å². The average molecular weight is 505 g/mol. The molecule has 0 aliphatic carbocycles. The Morgan fingerprint density at radius 2 is 1.97 bits per heavy atom. The fourth-order valence-electron chi connectivity index (χ4n) is 3.86. The number of fused-ring (bicyclic) bond motifs is 1. The number of hydrogen-bond donors (Lipinski definition) is 4. The van der Waals surface area contributed by atoms with Crippen molar-refractivity contribution in [3.05, 3.63) is 76.5 Å². The number of rotatable bonds is 9. The number of aryl methyl sites for hydroxylation is 2. The Kier molecular flexibility index (Phi) is 7.37. The van der Waals surface area contributed by atoms with E-state index in [-0.39, 0.29) is 0 Å². The van der Waals surface area contributed by atoms with Crippen molar-refractivity contribution in [2.75, 3.05) is 11.9 Å². The number of halogens is 1. The van der Waals surface area contributed by atoms with Crippen LogP contribution in [0.2, 0.25) is 5.02 Å². The molecule has 4 N–H and O–H groups in total. The van der Waals surface area contributed by atoms with Gasteiger partial charge in [0.25, 0.3) is 0 Å². The first-order valence-electron chi connectivity index (χ1n) is 11.5. The zero-order valence-electron chi connectivity index (χ0n) is 20.7. The molecule has 2 aromatic carbocycles. The lowest BCUT2D eigenvalue weighted by atomic mass is 10.0. The van der Waals surface area contributed by atoms with Crippen LogP contribution in [0.4, 0.5) is 5.82 Å². The molecule has 0 saturated carbocycles. The third-order valence-corrected chi connectivity index (χ3v) is 5.81. The van der Waals surface area contributed by atoms with Gasteiger partial charge < -0.3 is 25.7 Å². The Hall–Kier alpha value is -3.75. The number of allylic oxidation sites excluding steroid dienone is 1. The van der Waals surface area contributed by atoms with E-state index in [0.29, 0.717) is 35.3 Å². The van der Waals surface area contributed by atoms with Crippen molar-refractivity contribution in [1.29, 1.82) is 5.41 Å². The molecule has 2 heterocycles. The third kappa shape index (κ3) is 5.90. The van der Waals surface area contributed by atoms with Crippen LogP contribution in [-0.4, -0.2) is 38.6 Å². The first kappa shape index (κ1) is 25.3. The summed E-state index contributed by atoms with van der Waals surface area (Å²) < 4.78 is 5.37. The van der Waals surface area contributed by atoms with Gasteiger partial charge in [0.1, 0.15) is 11.6 Å². The second kappa shape index (κ2) is 10.5. The molecule has 4 rings (SSSR count). The number of aliphatic hydroxyl groups is 1. The van der Waals surface area contributed by atoms with Gasteiger partial charge in [-0.1, -0.05) is 35.0 Å². The molecule has 8 nitrogen and oxygen atoms in total. The van der Waals surface area contributed by atoms with E-state index in [0.717, 1.165) is 39.0 Å². The molecule has 0 amide bonds. The summed E-state index contributed by atoms with van der Waals surface area (Å²) >= 11 is 6.17. The monoisotopic (exact) mass is 504 g/mol. The topological polar surface area (TPSA) is 120 Å². The highest BCUT2D eigenvalue weighted by molar-refractivity contribution is 6.30. The molecule has 2 aromatic heterocycles. The van der Waals surface area contributed by atoms with Crippen molar-refractivity contribution in [1.82, 2.24) is 20.4 Å². The molecule has 9 heteroatoms. The van der Waals surface area contributed by atoms with Crippen LogP contribution in [-0.2, 0) is 6.54 Å². The van der Waals surface area contributed by atoms with Gasteiger partial charge in [0.15, 0.2) is 5.82 Å². The van der Waals surface area contributed by atoms with E-state index in [1.54, 1.807) is 20.0 Å². The van der Waals surface area contributed by atoms with Crippen molar-refractivity contribution < 1.29 is 9.63 Å². The molecule has 36 heavy (non-hydrogen) atoms. The van der Waals surface area contributed by atoms with E-state index in [9.17, 15) is 5.11 Å². The van der Waals surface area contributed by atoms with Crippen LogP contribution in [0.5, 0.6) is 0 Å². The quantitative estimate of drug-likeness (QED) is 0.221. The Morgan fingerprint density at radius 3 is 2.64 bits per heavy atom. The van der Waals surface area contributed by atoms with E-state index in [1.807, 2.05) is 56.3 Å². The second-order valence-corrected chi connectivity index (χ2v) is 9.68. The predicted molar refractivity (Wildman–Crippen MR) is 144 cm³/mol. The van der Waals surface area contributed by atoms with Crippen LogP contribution < -0.4 is 10.6 Å². The summed E-state index contributed by atoms with van der Waals surface area (Å²) in [5.41, 5.74) is 4.03. The molecule has 0 fully saturated rings. The number of aromatic nitrogens is 3. The van der Waals surface area contributed by atoms with E-state index in [2.05, 4.69) is 15.8 Å². The molecule has 0 bridgehead atoms. The summed E-state index contributed by atoms with van der Waals surface area (Å²) in [6.07, 6.45) is 2.84. The van der Waals surface area contributed by atoms with Crippen LogP contribution in [0.15, 0.2) is 53.2 Å². The predicted octanol–water partition coefficient (Wildman–Crippen LogP) is 5.52. The van der Waals surface area contributed by atoms with Crippen LogP contribution in [0.1, 0.15) is 36.7 Å². The van der Waals surface area contributed by atoms with Gasteiger partial charge in [0.2, 0.25) is 0 Å². The summed E-state index contributed by atoms with van der Waals surface area (Å²) in [5.74, 6) is 1.75. The SMILES string of the molecule is Cc1noc(C)c1-c1ccc2nc(/C(C=N)=C/NCC(C)(C)O)nc(NCc3cccc(Cl)c3)c2c1. The minimum atomic E-state index is -0.897. The Bertz CT molecular complexity index is 1420. The standard InChI is InChI=1S/C27H29ClN6O2/c1-16-24(17(2)36-34-16)19-8-9-23-22(11-19)26(31-13-18-6-5-7-21(28)10-18)33-25(32-23)20(12-29)14-30-15-27(3,4)35/h5-12,14,29-30,35H,13,15H2,1-4H3,(H,31,32,33)/b20-14+,29-12?. The van der Waals surface area contributed by atoms with Gasteiger partial charge >= 0.3 is 0 Å². The van der Waals surface area contributed by atoms with Gasteiger partial charge in [-0.2, -0.15) is 0 Å². The first-order chi connectivity index (χ1) is 17.1. The second-order valence-electron chi connectivity index (χ2n) is 9.25. The molecule has 0 unspecified atom stereocenters. The molecule has 0 atom stereocenters. The molecule has 0 radical (unpaired) electrons. The highest BCUT2D eigenvalue weighted by Crippen LogP contribution is 2.32. The van der Waals surface area contributed by atoms with E-state index >= 15 is 0 Å². The largest absolute Gasteiger partial charge is 0.389 e. The molecular weight excluding hydrogens is 476 g/mol. The fraction of sp³-hybridized carbons (Fsp3) is 0.259. The molecular formula is C27H29ClN6O2. The van der Waals surface area contributed by atoms with Crippen LogP contribution in [0, 0.1) is 19.3 Å². The van der Waals surface area contributed by atoms with Crippen molar-refractivity contribution in [3.63, 3.8) is 0 Å². The number of benzene rings is 2. The summed E-state index contributed by atoms with van der Waals surface area (Å²) in [6.45, 7) is 8.04. The molecule has 0 spiro atoms. The lowest BCUT2D eigenvalue weighted by molar-refractivity contribution is 0.0836. The molecule has 4 aromatic rings. The third-order valence-electron chi connectivity index (χ3n) is 5.57. The minimum absolute atomic E-state index is 0.318. The van der Waals surface area contributed by atoms with E-state index in [4.69, 9.17) is 31.5 Å². The van der Waals surface area contributed by atoms with Crippen LogP contribution in [0.25, 0.3) is 27.6 Å². The Balaban J connectivity index is 1.78. The zero-order chi connectivity index (χ0) is 25.9. The molecule has 0 saturated heterocycles. The number of nitrogens with one attached hydrogen (secondary N) is 3. The minimum Gasteiger partial charge on any atom is -0.389 e. The summed E-state index contributed by atoms with van der Waals surface area (Å²) in [7, 11) is 0. The molecule has 186 valence electrons. The maximum Gasteiger partial charge on any atom is 0.165 e. The van der Waals surface area contributed by atoms with Crippen molar-refractivity contribution >= 4 is 40.1 Å². The number of nitrogens with zero attached hydrogens (tertiary/aromatic N) is 3. The van der Waals surface area contributed by atoms with Gasteiger partial charge in [-0.25, -0.2) is 9.97 Å². The fourth-order valence-corrected chi connectivity index (χ4v) is 4.07. The normalized spacial score (nSPS) is 12.1. The lowest BCUT2D eigenvalue weighted by Crippen LogP contribution is -2.32. The van der Waals surface area contributed by atoms with Crippen molar-refractivity contribution in [3.8, 4) is 11.1 Å². The summed E-state index contributed by atoms with van der Waals surface area (Å²) in [4.78, 5) is 9.50. The van der Waals surface area contributed by atoms with Crippen molar-refractivity contribution in [2.24, 2.45) is 0 Å². The van der Waals surface area contributed by atoms with Crippen LogP contribution in [0.3, 0.4) is 0 Å². The highest BCUT2D eigenvalue weighted by Gasteiger charge is 2.16. The number of anilines is 1. The highest BCUT2D eigenvalue weighted by atomic mass is 35.5. The first-order valence-corrected chi connectivity index (χ1v) is 11.9. The van der Waals surface area contributed by atoms with Crippen molar-refractivity contribution in [2.45, 2.75) is 39.8 Å². The van der Waals surface area contributed by atoms with Crippen LogP contribution >= 0.6 is 11.6 Å². The molecule has 0 aliphatic rings. The lowest BCUT2D eigenvalue weighted by Gasteiger charge is -2.17. The zero-order valence-corrected chi connectivity index (χ0v) is 21.4. The smallest absolute Gasteiger partial charge is 0.165 e. The maximum absolute atomic E-state index is 9.99. The Morgan fingerprint density at radius 1 is 1.17 bits per heavy atom. The summed E-state index contributed by atoms with van der Waals surface area (Å²) in [6, 6.07) is 13.6.